The van der Waals surface area contributed by atoms with Crippen molar-refractivity contribution in [2.75, 3.05) is 6.61 Å². The Morgan fingerprint density at radius 3 is 2.54 bits per heavy atom. The van der Waals surface area contributed by atoms with Gasteiger partial charge in [-0.2, -0.15) is 0 Å². The Balaban J connectivity index is 2.25. The van der Waals surface area contributed by atoms with Crippen molar-refractivity contribution in [2.24, 2.45) is 7.05 Å². The van der Waals surface area contributed by atoms with Gasteiger partial charge >= 0.3 is 17.3 Å². The van der Waals surface area contributed by atoms with E-state index in [1.54, 1.807) is 36.7 Å². The summed E-state index contributed by atoms with van der Waals surface area (Å²) in [6, 6.07) is 5.01. The summed E-state index contributed by atoms with van der Waals surface area (Å²) in [5.74, 6) is -0.811. The van der Waals surface area contributed by atoms with Crippen molar-refractivity contribution < 1.29 is 9.53 Å². The lowest BCUT2D eigenvalue weighted by Crippen LogP contribution is -2.33. The molecule has 3 rings (SSSR count). The number of benzene rings is 1. The molecule has 1 aromatic carbocycles. The van der Waals surface area contributed by atoms with Crippen LogP contribution in [0.25, 0.3) is 16.7 Å². The lowest BCUT2D eigenvalue weighted by molar-refractivity contribution is 0.0523. The zero-order valence-corrected chi connectivity index (χ0v) is 14.6. The maximum Gasteiger partial charge on any atom is 0.345 e. The number of carbonyl (C=O) groups excluding carboxylic acids is 1. The highest BCUT2D eigenvalue weighted by atomic mass is 16.5. The van der Waals surface area contributed by atoms with E-state index in [2.05, 4.69) is 4.98 Å². The predicted molar refractivity (Wildman–Crippen MR) is 95.0 cm³/mol. The third-order valence-corrected chi connectivity index (χ3v) is 4.16. The van der Waals surface area contributed by atoms with Gasteiger partial charge in [0.1, 0.15) is 5.56 Å². The number of rotatable bonds is 4. The molecule has 0 aliphatic carbocycles. The molecule has 136 valence electrons. The van der Waals surface area contributed by atoms with Gasteiger partial charge in [0.2, 0.25) is 0 Å². The standard InChI is InChI=1S/C17H18N4O5/c1-4-20-13-8-10(6-7-12(13)19(3)17(20)25)21-9-11(15(23)26-5-2)14(22)18-16(21)24/h6-9H,4-5H2,1-3H3,(H,18,22,24). The van der Waals surface area contributed by atoms with Gasteiger partial charge in [0, 0.05) is 19.8 Å². The number of aromatic nitrogens is 4. The Morgan fingerprint density at radius 1 is 1.15 bits per heavy atom. The molecule has 2 aromatic heterocycles. The summed E-state index contributed by atoms with van der Waals surface area (Å²) in [6.45, 7) is 4.04. The van der Waals surface area contributed by atoms with Crippen molar-refractivity contribution in [3.8, 4) is 5.69 Å². The third-order valence-electron chi connectivity index (χ3n) is 4.16. The zero-order valence-electron chi connectivity index (χ0n) is 14.6. The number of aryl methyl sites for hydroxylation is 2. The number of esters is 1. The number of hydrogen-bond donors (Lipinski definition) is 1. The topological polar surface area (TPSA) is 108 Å². The fraction of sp³-hybridized carbons (Fsp3) is 0.294. The van der Waals surface area contributed by atoms with E-state index in [1.807, 2.05) is 6.92 Å². The molecule has 0 atom stereocenters. The van der Waals surface area contributed by atoms with Crippen LogP contribution in [-0.2, 0) is 18.3 Å². The minimum Gasteiger partial charge on any atom is -0.462 e. The van der Waals surface area contributed by atoms with Gasteiger partial charge in [0.25, 0.3) is 5.56 Å². The van der Waals surface area contributed by atoms with Crippen molar-refractivity contribution in [1.82, 2.24) is 18.7 Å². The maximum absolute atomic E-state index is 12.2. The number of ether oxygens (including phenoxy) is 1. The SMILES string of the molecule is CCOC(=O)c1cn(-c2ccc3c(c2)n(CC)c(=O)n3C)c(=O)[nH]c1=O. The third kappa shape index (κ3) is 2.67. The minimum atomic E-state index is -0.811. The van der Waals surface area contributed by atoms with Crippen LogP contribution >= 0.6 is 0 Å². The molecule has 0 saturated carbocycles. The zero-order chi connectivity index (χ0) is 19.0. The quantitative estimate of drug-likeness (QED) is 0.678. The van der Waals surface area contributed by atoms with E-state index in [4.69, 9.17) is 4.74 Å². The lowest BCUT2D eigenvalue weighted by atomic mass is 10.2. The normalized spacial score (nSPS) is 11.0. The Labute approximate surface area is 147 Å². The second-order valence-electron chi connectivity index (χ2n) is 5.65. The molecule has 3 aromatic rings. The maximum atomic E-state index is 12.2. The van der Waals surface area contributed by atoms with E-state index in [0.717, 1.165) is 10.8 Å². The van der Waals surface area contributed by atoms with Crippen LogP contribution in [0.1, 0.15) is 24.2 Å². The van der Waals surface area contributed by atoms with Gasteiger partial charge in [0.05, 0.1) is 23.3 Å². The fourth-order valence-corrected chi connectivity index (χ4v) is 2.87. The average Bonchev–Trinajstić information content (AvgIpc) is 2.85. The van der Waals surface area contributed by atoms with Gasteiger partial charge in [-0.1, -0.05) is 0 Å². The number of imidazole rings is 1. The Morgan fingerprint density at radius 2 is 1.88 bits per heavy atom. The summed E-state index contributed by atoms with van der Waals surface area (Å²) in [5, 5.41) is 0. The van der Waals surface area contributed by atoms with Crippen molar-refractivity contribution in [3.63, 3.8) is 0 Å². The van der Waals surface area contributed by atoms with Crippen LogP contribution in [0.4, 0.5) is 0 Å². The Kier molecular flexibility index (Phi) is 4.37. The monoisotopic (exact) mass is 358 g/mol. The molecule has 0 spiro atoms. The number of nitrogens with one attached hydrogen (secondary N) is 1. The van der Waals surface area contributed by atoms with Gasteiger partial charge < -0.3 is 4.74 Å². The number of aromatic amines is 1. The van der Waals surface area contributed by atoms with Gasteiger partial charge in [-0.15, -0.1) is 0 Å². The second-order valence-corrected chi connectivity index (χ2v) is 5.65. The molecule has 0 bridgehead atoms. The summed E-state index contributed by atoms with van der Waals surface area (Å²) in [7, 11) is 1.67. The highest BCUT2D eigenvalue weighted by Gasteiger charge is 2.16. The first-order valence-corrected chi connectivity index (χ1v) is 8.11. The van der Waals surface area contributed by atoms with Gasteiger partial charge in [0.15, 0.2) is 0 Å². The van der Waals surface area contributed by atoms with E-state index in [0.29, 0.717) is 23.3 Å². The fourth-order valence-electron chi connectivity index (χ4n) is 2.87. The molecule has 0 saturated heterocycles. The first-order valence-electron chi connectivity index (χ1n) is 8.11. The van der Waals surface area contributed by atoms with Crippen LogP contribution in [0.2, 0.25) is 0 Å². The molecule has 0 aliphatic heterocycles. The van der Waals surface area contributed by atoms with E-state index >= 15 is 0 Å². The molecule has 26 heavy (non-hydrogen) atoms. The summed E-state index contributed by atoms with van der Waals surface area (Å²) >= 11 is 0. The van der Waals surface area contributed by atoms with Crippen molar-refractivity contribution >= 4 is 17.0 Å². The largest absolute Gasteiger partial charge is 0.462 e. The molecule has 0 amide bonds. The molecule has 0 unspecified atom stereocenters. The van der Waals surface area contributed by atoms with Gasteiger partial charge in [-0.05, 0) is 32.0 Å². The van der Waals surface area contributed by atoms with Crippen LogP contribution in [0.3, 0.4) is 0 Å². The Bertz CT molecular complexity index is 1180. The number of fused-ring (bicyclic) bond motifs is 1. The van der Waals surface area contributed by atoms with Crippen molar-refractivity contribution in [1.29, 1.82) is 0 Å². The molecule has 0 aliphatic rings. The highest BCUT2D eigenvalue weighted by Crippen LogP contribution is 2.17. The molecule has 0 radical (unpaired) electrons. The van der Waals surface area contributed by atoms with E-state index in [9.17, 15) is 19.2 Å². The molecule has 9 nitrogen and oxygen atoms in total. The second kappa shape index (κ2) is 6.51. The molecule has 9 heteroatoms. The average molecular weight is 358 g/mol. The molecular formula is C17H18N4O5. The Hall–Kier alpha value is -3.36. The van der Waals surface area contributed by atoms with E-state index in [1.165, 1.54) is 4.57 Å². The summed E-state index contributed by atoms with van der Waals surface area (Å²) in [6.07, 6.45) is 1.15. The van der Waals surface area contributed by atoms with Crippen LogP contribution in [0, 0.1) is 0 Å². The van der Waals surface area contributed by atoms with E-state index < -0.39 is 17.2 Å². The number of hydrogen-bond acceptors (Lipinski definition) is 5. The summed E-state index contributed by atoms with van der Waals surface area (Å²) < 4.78 is 9.07. The number of nitrogens with zero attached hydrogens (tertiary/aromatic N) is 3. The molecule has 0 fully saturated rings. The van der Waals surface area contributed by atoms with Gasteiger partial charge in [-0.3, -0.25) is 23.5 Å². The van der Waals surface area contributed by atoms with Gasteiger partial charge in [-0.25, -0.2) is 14.4 Å². The number of carbonyl (C=O) groups is 1. The smallest absolute Gasteiger partial charge is 0.345 e. The van der Waals surface area contributed by atoms with E-state index in [-0.39, 0.29) is 17.9 Å². The predicted octanol–water partition coefficient (Wildman–Crippen LogP) is 0.376. The first kappa shape index (κ1) is 17.5. The van der Waals surface area contributed by atoms with Crippen LogP contribution in [-0.4, -0.2) is 31.3 Å². The van der Waals surface area contributed by atoms with Crippen LogP contribution in [0.5, 0.6) is 0 Å². The number of H-pyrrole nitrogens is 1. The van der Waals surface area contributed by atoms with Crippen molar-refractivity contribution in [2.45, 2.75) is 20.4 Å². The van der Waals surface area contributed by atoms with Crippen LogP contribution < -0.4 is 16.9 Å². The molecular weight excluding hydrogens is 340 g/mol. The van der Waals surface area contributed by atoms with Crippen LogP contribution in [0.15, 0.2) is 38.8 Å². The lowest BCUT2D eigenvalue weighted by Gasteiger charge is -2.08. The summed E-state index contributed by atoms with van der Waals surface area (Å²) in [5.41, 5.74) is -0.165. The minimum absolute atomic E-state index is 0.107. The first-order chi connectivity index (χ1) is 12.4. The summed E-state index contributed by atoms with van der Waals surface area (Å²) in [4.78, 5) is 50.4. The van der Waals surface area contributed by atoms with Crippen molar-refractivity contribution in [3.05, 3.63) is 61.3 Å². The highest BCUT2D eigenvalue weighted by molar-refractivity contribution is 5.88. The molecule has 2 heterocycles. The molecule has 1 N–H and O–H groups in total.